The third kappa shape index (κ3) is 1.80. The van der Waals surface area contributed by atoms with Crippen molar-refractivity contribution in [2.24, 2.45) is 0 Å². The van der Waals surface area contributed by atoms with Gasteiger partial charge in [-0.15, -0.1) is 0 Å². The molecule has 70 valence electrons. The van der Waals surface area contributed by atoms with Crippen molar-refractivity contribution in [3.05, 3.63) is 34.1 Å². The van der Waals surface area contributed by atoms with Crippen molar-refractivity contribution in [3.63, 3.8) is 0 Å². The highest BCUT2D eigenvalue weighted by Crippen LogP contribution is 2.22. The van der Waals surface area contributed by atoms with Gasteiger partial charge in [-0.05, 0) is 18.6 Å². The molecule has 0 aliphatic heterocycles. The first kappa shape index (κ1) is 9.99. The van der Waals surface area contributed by atoms with E-state index in [1.807, 2.05) is 0 Å². The predicted molar refractivity (Wildman–Crippen MR) is 47.7 cm³/mol. The van der Waals surface area contributed by atoms with Gasteiger partial charge in [-0.2, -0.15) is 0 Å². The number of benzene rings is 1. The first-order valence-electron chi connectivity index (χ1n) is 3.78. The molecule has 0 saturated heterocycles. The average Bonchev–Trinajstić information content (AvgIpc) is 2.04. The first-order chi connectivity index (χ1) is 6.07. The van der Waals surface area contributed by atoms with E-state index in [4.69, 9.17) is 16.7 Å². The van der Waals surface area contributed by atoms with E-state index in [0.29, 0.717) is 6.42 Å². The Balaban J connectivity index is 3.35. The summed E-state index contributed by atoms with van der Waals surface area (Å²) in [5, 5.41) is 8.86. The van der Waals surface area contributed by atoms with Crippen molar-refractivity contribution in [3.8, 4) is 0 Å². The summed E-state index contributed by atoms with van der Waals surface area (Å²) in [5.74, 6) is -2.01. The van der Waals surface area contributed by atoms with E-state index in [0.717, 1.165) is 0 Å². The number of carbonyl (C=O) groups is 1. The summed E-state index contributed by atoms with van der Waals surface area (Å²) in [7, 11) is 0. The van der Waals surface area contributed by atoms with Crippen LogP contribution in [0.2, 0.25) is 5.02 Å². The lowest BCUT2D eigenvalue weighted by molar-refractivity contribution is 0.0691. The molecule has 0 aliphatic rings. The molecule has 4 heteroatoms. The monoisotopic (exact) mass is 202 g/mol. The molecule has 0 heterocycles. The van der Waals surface area contributed by atoms with Crippen molar-refractivity contribution in [2.75, 3.05) is 0 Å². The fourth-order valence-corrected chi connectivity index (χ4v) is 1.37. The van der Waals surface area contributed by atoms with Crippen LogP contribution in [-0.2, 0) is 6.42 Å². The van der Waals surface area contributed by atoms with Gasteiger partial charge in [-0.1, -0.05) is 18.5 Å². The van der Waals surface area contributed by atoms with Gasteiger partial charge in [0.1, 0.15) is 5.82 Å². The summed E-state index contributed by atoms with van der Waals surface area (Å²) < 4.78 is 13.3. The van der Waals surface area contributed by atoms with Crippen molar-refractivity contribution < 1.29 is 14.3 Å². The van der Waals surface area contributed by atoms with E-state index in [1.54, 1.807) is 6.92 Å². The Labute approximate surface area is 80.0 Å². The Morgan fingerprint density at radius 2 is 2.23 bits per heavy atom. The SMILES string of the molecule is CCc1c(Cl)ccc(C(=O)O)c1F. The second-order valence-corrected chi connectivity index (χ2v) is 2.95. The highest BCUT2D eigenvalue weighted by atomic mass is 35.5. The summed E-state index contributed by atoms with van der Waals surface area (Å²) in [6, 6.07) is 2.56. The molecule has 0 amide bonds. The van der Waals surface area contributed by atoms with Crippen molar-refractivity contribution in [2.45, 2.75) is 13.3 Å². The van der Waals surface area contributed by atoms with E-state index < -0.39 is 11.8 Å². The molecule has 1 rings (SSSR count). The van der Waals surface area contributed by atoms with E-state index in [2.05, 4.69) is 0 Å². The molecule has 0 aliphatic carbocycles. The number of carboxylic acids is 1. The van der Waals surface area contributed by atoms with E-state index >= 15 is 0 Å². The smallest absolute Gasteiger partial charge is 0.338 e. The average molecular weight is 203 g/mol. The number of aromatic carboxylic acids is 1. The largest absolute Gasteiger partial charge is 0.478 e. The van der Waals surface area contributed by atoms with Gasteiger partial charge in [0.2, 0.25) is 0 Å². The summed E-state index contributed by atoms with van der Waals surface area (Å²) in [6.45, 7) is 1.72. The molecule has 1 N–H and O–H groups in total. The topological polar surface area (TPSA) is 37.3 Å². The Bertz CT molecular complexity index is 350. The highest BCUT2D eigenvalue weighted by Gasteiger charge is 2.15. The van der Waals surface area contributed by atoms with Gasteiger partial charge >= 0.3 is 5.97 Å². The lowest BCUT2D eigenvalue weighted by Crippen LogP contribution is -2.03. The number of hydrogen-bond acceptors (Lipinski definition) is 1. The molecule has 1 aromatic carbocycles. The van der Waals surface area contributed by atoms with Gasteiger partial charge in [0.25, 0.3) is 0 Å². The summed E-state index contributed by atoms with van der Waals surface area (Å²) in [5.41, 5.74) is -0.0807. The molecule has 0 aromatic heterocycles. The summed E-state index contributed by atoms with van der Waals surface area (Å²) in [6.07, 6.45) is 0.381. The van der Waals surface area contributed by atoms with Crippen molar-refractivity contribution in [1.82, 2.24) is 0 Å². The van der Waals surface area contributed by atoms with Gasteiger partial charge in [-0.3, -0.25) is 0 Å². The minimum atomic E-state index is -1.27. The van der Waals surface area contributed by atoms with Crippen LogP contribution in [0.1, 0.15) is 22.8 Å². The minimum Gasteiger partial charge on any atom is -0.478 e. The molecular weight excluding hydrogens is 195 g/mol. The second-order valence-electron chi connectivity index (χ2n) is 2.55. The molecule has 0 bridgehead atoms. The van der Waals surface area contributed by atoms with Gasteiger partial charge in [-0.25, -0.2) is 9.18 Å². The maximum atomic E-state index is 13.3. The van der Waals surface area contributed by atoms with Crippen LogP contribution in [0, 0.1) is 5.82 Å². The van der Waals surface area contributed by atoms with Crippen LogP contribution in [-0.4, -0.2) is 11.1 Å². The van der Waals surface area contributed by atoms with E-state index in [1.165, 1.54) is 12.1 Å². The van der Waals surface area contributed by atoms with E-state index in [9.17, 15) is 9.18 Å². The van der Waals surface area contributed by atoms with Crippen LogP contribution in [0.25, 0.3) is 0 Å². The lowest BCUT2D eigenvalue weighted by atomic mass is 10.1. The van der Waals surface area contributed by atoms with Crippen LogP contribution in [0.15, 0.2) is 12.1 Å². The zero-order valence-corrected chi connectivity index (χ0v) is 7.73. The zero-order valence-electron chi connectivity index (χ0n) is 6.97. The fourth-order valence-electron chi connectivity index (χ4n) is 1.09. The number of halogens is 2. The van der Waals surface area contributed by atoms with Crippen LogP contribution >= 0.6 is 11.6 Å². The normalized spacial score (nSPS) is 10.1. The maximum Gasteiger partial charge on any atom is 0.338 e. The molecular formula is C9H8ClFO2. The number of rotatable bonds is 2. The highest BCUT2D eigenvalue weighted by molar-refractivity contribution is 6.31. The fraction of sp³-hybridized carbons (Fsp3) is 0.222. The van der Waals surface area contributed by atoms with Crippen LogP contribution < -0.4 is 0 Å². The standard InChI is InChI=1S/C9H8ClFO2/c1-2-5-7(10)4-3-6(8(5)11)9(12)13/h3-4H,2H2,1H3,(H,12,13). The summed E-state index contributed by atoms with van der Waals surface area (Å²) >= 11 is 5.67. The van der Waals surface area contributed by atoms with Crippen molar-refractivity contribution in [1.29, 1.82) is 0 Å². The molecule has 0 radical (unpaired) electrons. The third-order valence-corrected chi connectivity index (χ3v) is 2.12. The molecule has 1 aromatic rings. The second kappa shape index (κ2) is 3.75. The van der Waals surface area contributed by atoms with Gasteiger partial charge < -0.3 is 5.11 Å². The molecule has 0 unspecified atom stereocenters. The lowest BCUT2D eigenvalue weighted by Gasteiger charge is -2.04. The summed E-state index contributed by atoms with van der Waals surface area (Å²) in [4.78, 5) is 10.5. The molecule has 0 saturated carbocycles. The first-order valence-corrected chi connectivity index (χ1v) is 4.16. The molecule has 0 fully saturated rings. The molecule has 0 spiro atoms. The number of hydrogen-bond donors (Lipinski definition) is 1. The van der Waals surface area contributed by atoms with Gasteiger partial charge in [0, 0.05) is 10.6 Å². The molecule has 0 atom stereocenters. The number of carboxylic acid groups (broad SMARTS) is 1. The predicted octanol–water partition coefficient (Wildman–Crippen LogP) is 2.74. The Morgan fingerprint density at radius 1 is 1.62 bits per heavy atom. The quantitative estimate of drug-likeness (QED) is 0.801. The van der Waals surface area contributed by atoms with E-state index in [-0.39, 0.29) is 16.1 Å². The molecule has 13 heavy (non-hydrogen) atoms. The van der Waals surface area contributed by atoms with Crippen LogP contribution in [0.3, 0.4) is 0 Å². The maximum absolute atomic E-state index is 13.3. The molecule has 2 nitrogen and oxygen atoms in total. The van der Waals surface area contributed by atoms with Gasteiger partial charge in [0.05, 0.1) is 5.56 Å². The Kier molecular flexibility index (Phi) is 2.88. The minimum absolute atomic E-state index is 0.251. The van der Waals surface area contributed by atoms with Gasteiger partial charge in [0.15, 0.2) is 0 Å². The Morgan fingerprint density at radius 3 is 2.69 bits per heavy atom. The zero-order chi connectivity index (χ0) is 10.0. The van der Waals surface area contributed by atoms with Crippen molar-refractivity contribution >= 4 is 17.6 Å². The third-order valence-electron chi connectivity index (χ3n) is 1.77. The Hall–Kier alpha value is -1.09. The van der Waals surface area contributed by atoms with Crippen LogP contribution in [0.5, 0.6) is 0 Å². The van der Waals surface area contributed by atoms with Crippen LogP contribution in [0.4, 0.5) is 4.39 Å².